The lowest BCUT2D eigenvalue weighted by Gasteiger charge is -2.43. The van der Waals surface area contributed by atoms with Crippen molar-refractivity contribution in [3.8, 4) is 11.1 Å². The van der Waals surface area contributed by atoms with Gasteiger partial charge in [-0.15, -0.1) is 0 Å². The van der Waals surface area contributed by atoms with Crippen LogP contribution in [0.1, 0.15) is 33.7 Å². The van der Waals surface area contributed by atoms with E-state index in [1.165, 1.54) is 38.9 Å². The summed E-state index contributed by atoms with van der Waals surface area (Å²) in [6, 6.07) is 64.6. The first-order chi connectivity index (χ1) is 19.4. The first-order valence-electron chi connectivity index (χ1n) is 13.6. The summed E-state index contributed by atoms with van der Waals surface area (Å²) in [4.78, 5) is 0. The normalized spacial score (nSPS) is 12.1. The highest BCUT2D eigenvalue weighted by atomic mass is 14.5. The van der Waals surface area contributed by atoms with Gasteiger partial charge in [0.05, 0.1) is 5.41 Å². The molecule has 0 saturated carbocycles. The van der Waals surface area contributed by atoms with E-state index in [1.54, 1.807) is 0 Å². The zero-order valence-corrected chi connectivity index (χ0v) is 22.0. The molecular formula is C39H31. The summed E-state index contributed by atoms with van der Waals surface area (Å²) in [6.45, 7) is 0. The predicted molar refractivity (Wildman–Crippen MR) is 163 cm³/mol. The van der Waals surface area contributed by atoms with Crippen molar-refractivity contribution in [2.45, 2.75) is 17.8 Å². The molecule has 0 N–H and O–H groups in total. The summed E-state index contributed by atoms with van der Waals surface area (Å²) < 4.78 is 0. The molecule has 0 amide bonds. The molecule has 6 rings (SSSR count). The lowest BCUT2D eigenvalue weighted by molar-refractivity contribution is 0.475. The smallest absolute Gasteiger partial charge is 0.0522 e. The van der Waals surface area contributed by atoms with E-state index in [-0.39, 0.29) is 5.92 Å². The summed E-state index contributed by atoms with van der Waals surface area (Å²) in [5.41, 5.74) is 8.54. The molecule has 0 heterocycles. The minimum absolute atomic E-state index is 0.156. The molecule has 0 aromatic heterocycles. The van der Waals surface area contributed by atoms with Gasteiger partial charge in [-0.05, 0) is 51.4 Å². The van der Waals surface area contributed by atoms with Gasteiger partial charge in [0.25, 0.3) is 0 Å². The monoisotopic (exact) mass is 499 g/mol. The third kappa shape index (κ3) is 4.94. The largest absolute Gasteiger partial charge is 0.0622 e. The fraction of sp³-hybridized carbons (Fsp3) is 0.0769. The van der Waals surface area contributed by atoms with Crippen LogP contribution in [0, 0.1) is 6.07 Å². The Morgan fingerprint density at radius 1 is 0.436 bits per heavy atom. The van der Waals surface area contributed by atoms with E-state index in [4.69, 9.17) is 0 Å². The van der Waals surface area contributed by atoms with E-state index in [9.17, 15) is 0 Å². The first-order valence-corrected chi connectivity index (χ1v) is 13.6. The topological polar surface area (TPSA) is 0 Å². The molecule has 0 aliphatic heterocycles. The zero-order valence-electron chi connectivity index (χ0n) is 22.0. The van der Waals surface area contributed by atoms with E-state index >= 15 is 0 Å². The Morgan fingerprint density at radius 2 is 0.872 bits per heavy atom. The average Bonchev–Trinajstić information content (AvgIpc) is 3.04. The molecule has 1 unspecified atom stereocenters. The highest BCUT2D eigenvalue weighted by molar-refractivity contribution is 5.65. The van der Waals surface area contributed by atoms with Crippen molar-refractivity contribution in [2.75, 3.05) is 0 Å². The van der Waals surface area contributed by atoms with Gasteiger partial charge < -0.3 is 0 Å². The second kappa shape index (κ2) is 11.4. The molecule has 0 heteroatoms. The average molecular weight is 500 g/mol. The third-order valence-electron chi connectivity index (χ3n) is 7.86. The van der Waals surface area contributed by atoms with Crippen LogP contribution >= 0.6 is 0 Å². The molecule has 1 radical (unpaired) electrons. The van der Waals surface area contributed by atoms with Crippen molar-refractivity contribution >= 4 is 0 Å². The van der Waals surface area contributed by atoms with Crippen molar-refractivity contribution in [2.24, 2.45) is 0 Å². The number of benzene rings is 6. The lowest BCUT2D eigenvalue weighted by Crippen LogP contribution is -2.38. The van der Waals surface area contributed by atoms with Crippen LogP contribution in [0.2, 0.25) is 0 Å². The molecule has 39 heavy (non-hydrogen) atoms. The maximum Gasteiger partial charge on any atom is 0.0522 e. The molecule has 0 bridgehead atoms. The van der Waals surface area contributed by atoms with Gasteiger partial charge in [0.1, 0.15) is 0 Å². The first kappa shape index (κ1) is 24.6. The standard InChI is InChI=1S/C39H31/c1-6-16-31(17-7-1)30-38(34-20-10-3-11-21-34)39(35-22-12-4-13-23-35,36-24-14-5-15-25-36)37-28-26-33(27-29-37)32-18-8-2-9-19-32/h1,3-29,38H,30H2. The van der Waals surface area contributed by atoms with E-state index in [2.05, 4.69) is 164 Å². The minimum atomic E-state index is -0.414. The third-order valence-corrected chi connectivity index (χ3v) is 7.86. The molecule has 0 aliphatic carbocycles. The molecule has 6 aromatic carbocycles. The highest BCUT2D eigenvalue weighted by Gasteiger charge is 2.44. The summed E-state index contributed by atoms with van der Waals surface area (Å²) in [7, 11) is 0. The van der Waals surface area contributed by atoms with Crippen molar-refractivity contribution in [3.63, 3.8) is 0 Å². The molecule has 6 aromatic rings. The van der Waals surface area contributed by atoms with Crippen LogP contribution in [0.4, 0.5) is 0 Å². The number of hydrogen-bond acceptors (Lipinski definition) is 0. The Hall–Kier alpha value is -4.68. The van der Waals surface area contributed by atoms with Crippen LogP contribution in [0.25, 0.3) is 11.1 Å². The molecule has 0 fully saturated rings. The maximum atomic E-state index is 3.14. The molecule has 0 saturated heterocycles. The molecule has 0 spiro atoms. The maximum absolute atomic E-state index is 3.14. The van der Waals surface area contributed by atoms with Crippen LogP contribution in [0.5, 0.6) is 0 Å². The summed E-state index contributed by atoms with van der Waals surface area (Å²) in [5.74, 6) is 0.156. The van der Waals surface area contributed by atoms with E-state index in [1.807, 2.05) is 12.1 Å². The van der Waals surface area contributed by atoms with Gasteiger partial charge in [0, 0.05) is 5.92 Å². The summed E-state index contributed by atoms with van der Waals surface area (Å²) in [6.07, 6.45) is 0.908. The van der Waals surface area contributed by atoms with E-state index in [0.717, 1.165) is 6.42 Å². The van der Waals surface area contributed by atoms with Gasteiger partial charge in [0.2, 0.25) is 0 Å². The summed E-state index contributed by atoms with van der Waals surface area (Å²) >= 11 is 0. The Bertz CT molecular complexity index is 1530. The van der Waals surface area contributed by atoms with Crippen LogP contribution in [-0.2, 0) is 11.8 Å². The van der Waals surface area contributed by atoms with Crippen molar-refractivity contribution in [3.05, 3.63) is 204 Å². The van der Waals surface area contributed by atoms with Gasteiger partial charge in [0.15, 0.2) is 0 Å². The quantitative estimate of drug-likeness (QED) is 0.183. The molecule has 0 nitrogen and oxygen atoms in total. The highest BCUT2D eigenvalue weighted by Crippen LogP contribution is 2.51. The predicted octanol–water partition coefficient (Wildman–Crippen LogP) is 9.51. The van der Waals surface area contributed by atoms with E-state index in [0.29, 0.717) is 0 Å². The zero-order chi connectivity index (χ0) is 26.3. The molecule has 0 aliphatic rings. The lowest BCUT2D eigenvalue weighted by atomic mass is 9.58. The van der Waals surface area contributed by atoms with Crippen LogP contribution in [0.15, 0.2) is 170 Å². The van der Waals surface area contributed by atoms with Gasteiger partial charge in [-0.1, -0.05) is 170 Å². The van der Waals surface area contributed by atoms with Crippen molar-refractivity contribution in [1.29, 1.82) is 0 Å². The van der Waals surface area contributed by atoms with Crippen LogP contribution < -0.4 is 0 Å². The molecule has 187 valence electrons. The van der Waals surface area contributed by atoms with Gasteiger partial charge >= 0.3 is 0 Å². The number of rotatable bonds is 8. The Kier molecular flexibility index (Phi) is 7.19. The van der Waals surface area contributed by atoms with Gasteiger partial charge in [-0.3, -0.25) is 0 Å². The summed E-state index contributed by atoms with van der Waals surface area (Å²) in [5, 5.41) is 0. The second-order valence-electron chi connectivity index (χ2n) is 10.1. The Morgan fingerprint density at radius 3 is 1.41 bits per heavy atom. The second-order valence-corrected chi connectivity index (χ2v) is 10.1. The SMILES string of the molecule is [c]1ccc(-c2ccc(C(c3ccccc3)(c3ccccc3)C(Cc3ccccc3)c3ccccc3)cc2)cc1. The fourth-order valence-corrected chi connectivity index (χ4v) is 6.07. The molecule has 1 atom stereocenters. The van der Waals surface area contributed by atoms with Gasteiger partial charge in [-0.2, -0.15) is 0 Å². The van der Waals surface area contributed by atoms with Gasteiger partial charge in [-0.25, -0.2) is 0 Å². The fourth-order valence-electron chi connectivity index (χ4n) is 6.07. The molecular weight excluding hydrogens is 468 g/mol. The minimum Gasteiger partial charge on any atom is -0.0622 e. The van der Waals surface area contributed by atoms with Crippen LogP contribution in [0.3, 0.4) is 0 Å². The Labute approximate surface area is 232 Å². The van der Waals surface area contributed by atoms with Crippen molar-refractivity contribution in [1.82, 2.24) is 0 Å². The Balaban J connectivity index is 1.64. The van der Waals surface area contributed by atoms with E-state index < -0.39 is 5.41 Å². The van der Waals surface area contributed by atoms with Crippen molar-refractivity contribution < 1.29 is 0 Å². The number of hydrogen-bond donors (Lipinski definition) is 0. The van der Waals surface area contributed by atoms with Crippen LogP contribution in [-0.4, -0.2) is 0 Å².